The second-order valence-electron chi connectivity index (χ2n) is 4.62. The molecule has 0 radical (unpaired) electrons. The van der Waals surface area contributed by atoms with Crippen LogP contribution in [-0.2, 0) is 10.0 Å². The van der Waals surface area contributed by atoms with Gasteiger partial charge in [0.25, 0.3) is 5.69 Å². The molecule has 0 spiro atoms. The highest BCUT2D eigenvalue weighted by atomic mass is 32.2. The second-order valence-corrected chi connectivity index (χ2v) is 6.63. The predicted molar refractivity (Wildman–Crippen MR) is 80.2 cm³/mol. The van der Waals surface area contributed by atoms with E-state index in [0.29, 0.717) is 6.54 Å². The van der Waals surface area contributed by atoms with E-state index in [1.54, 1.807) is 0 Å². The highest BCUT2D eigenvalue weighted by molar-refractivity contribution is 7.89. The first-order chi connectivity index (χ1) is 9.84. The van der Waals surface area contributed by atoms with E-state index in [0.717, 1.165) is 31.4 Å². The van der Waals surface area contributed by atoms with Crippen LogP contribution in [0.15, 0.2) is 23.1 Å². The van der Waals surface area contributed by atoms with Gasteiger partial charge < -0.3 is 5.43 Å². The molecule has 0 aliphatic rings. The van der Waals surface area contributed by atoms with Gasteiger partial charge in [-0.1, -0.05) is 19.8 Å². The van der Waals surface area contributed by atoms with Gasteiger partial charge in [0.2, 0.25) is 10.0 Å². The topological polar surface area (TPSA) is 119 Å². The van der Waals surface area contributed by atoms with Crippen LogP contribution >= 0.6 is 0 Å². The zero-order valence-electron chi connectivity index (χ0n) is 12.1. The molecule has 0 unspecified atom stereocenters. The molecule has 0 amide bonds. The average Bonchev–Trinajstić information content (AvgIpc) is 2.46. The number of nitro benzene ring substituents is 1. The van der Waals surface area contributed by atoms with Crippen LogP contribution in [0.5, 0.6) is 0 Å². The fourth-order valence-electron chi connectivity index (χ4n) is 1.84. The van der Waals surface area contributed by atoms with Gasteiger partial charge in [0.15, 0.2) is 0 Å². The summed E-state index contributed by atoms with van der Waals surface area (Å²) in [6.45, 7) is 2.42. The number of hydrazine groups is 1. The molecule has 118 valence electrons. The number of rotatable bonds is 8. The van der Waals surface area contributed by atoms with Gasteiger partial charge in [-0.2, -0.15) is 0 Å². The number of nitrogens with zero attached hydrogens (tertiary/aromatic N) is 2. The standard InChI is InChI=1S/C12H20N4O4S/c1-3-4-5-8-15(2)21(19,20)12-7-6-10(16(17)18)9-11(12)14-13/h6-7,9,14H,3-5,8,13H2,1-2H3. The Morgan fingerprint density at radius 2 is 2.05 bits per heavy atom. The van der Waals surface area contributed by atoms with Crippen molar-refractivity contribution in [1.82, 2.24) is 4.31 Å². The molecule has 0 saturated carbocycles. The monoisotopic (exact) mass is 316 g/mol. The number of nitro groups is 1. The molecule has 8 nitrogen and oxygen atoms in total. The molecule has 9 heteroatoms. The fraction of sp³-hybridized carbons (Fsp3) is 0.500. The minimum absolute atomic E-state index is 0.00606. The molecule has 3 N–H and O–H groups in total. The summed E-state index contributed by atoms with van der Waals surface area (Å²) in [5.74, 6) is 5.28. The number of hydrogen-bond donors (Lipinski definition) is 2. The van der Waals surface area contributed by atoms with Crippen molar-refractivity contribution in [3.05, 3.63) is 28.3 Å². The maximum atomic E-state index is 12.4. The molecule has 1 aromatic carbocycles. The molecule has 0 aromatic heterocycles. The Labute approximate surface area is 124 Å². The third-order valence-electron chi connectivity index (χ3n) is 3.09. The third kappa shape index (κ3) is 4.13. The number of nitrogen functional groups attached to an aromatic ring is 1. The van der Waals surface area contributed by atoms with Crippen molar-refractivity contribution in [2.24, 2.45) is 5.84 Å². The molecular formula is C12H20N4O4S. The van der Waals surface area contributed by atoms with Crippen LogP contribution in [0.2, 0.25) is 0 Å². The molecule has 0 saturated heterocycles. The van der Waals surface area contributed by atoms with Gasteiger partial charge in [0.1, 0.15) is 4.90 Å². The molecule has 0 heterocycles. The minimum Gasteiger partial charge on any atom is -0.323 e. The van der Waals surface area contributed by atoms with Gasteiger partial charge in [-0.15, -0.1) is 0 Å². The van der Waals surface area contributed by atoms with Crippen LogP contribution < -0.4 is 11.3 Å². The number of nitrogens with one attached hydrogen (secondary N) is 1. The normalized spacial score (nSPS) is 11.6. The van der Waals surface area contributed by atoms with E-state index >= 15 is 0 Å². The van der Waals surface area contributed by atoms with Crippen molar-refractivity contribution >= 4 is 21.4 Å². The summed E-state index contributed by atoms with van der Waals surface area (Å²) in [6, 6.07) is 3.44. The number of nitrogens with two attached hydrogens (primary N) is 1. The SMILES string of the molecule is CCCCCN(C)S(=O)(=O)c1ccc([N+](=O)[O-])cc1NN. The van der Waals surface area contributed by atoms with Crippen LogP contribution in [0, 0.1) is 10.1 Å². The lowest BCUT2D eigenvalue weighted by Gasteiger charge is -2.18. The molecule has 0 atom stereocenters. The number of non-ortho nitro benzene ring substituents is 1. The van der Waals surface area contributed by atoms with Crippen LogP contribution in [0.4, 0.5) is 11.4 Å². The van der Waals surface area contributed by atoms with Gasteiger partial charge in [-0.25, -0.2) is 12.7 Å². The van der Waals surface area contributed by atoms with Crippen LogP contribution in [0.3, 0.4) is 0 Å². The largest absolute Gasteiger partial charge is 0.323 e. The lowest BCUT2D eigenvalue weighted by molar-refractivity contribution is -0.384. The summed E-state index contributed by atoms with van der Waals surface area (Å²) in [4.78, 5) is 10.0. The molecule has 1 aromatic rings. The highest BCUT2D eigenvalue weighted by Gasteiger charge is 2.25. The van der Waals surface area contributed by atoms with E-state index in [9.17, 15) is 18.5 Å². The zero-order chi connectivity index (χ0) is 16.0. The Morgan fingerprint density at radius 3 is 2.57 bits per heavy atom. The van der Waals surface area contributed by atoms with E-state index in [2.05, 4.69) is 5.43 Å². The zero-order valence-corrected chi connectivity index (χ0v) is 12.9. The quantitative estimate of drug-likeness (QED) is 0.326. The Kier molecular flexibility index (Phi) is 6.06. The maximum Gasteiger partial charge on any atom is 0.271 e. The number of hydrogen-bond acceptors (Lipinski definition) is 6. The van der Waals surface area contributed by atoms with Crippen molar-refractivity contribution in [1.29, 1.82) is 0 Å². The second kappa shape index (κ2) is 7.34. The Morgan fingerprint density at radius 1 is 1.38 bits per heavy atom. The summed E-state index contributed by atoms with van der Waals surface area (Å²) in [5.41, 5.74) is 1.99. The average molecular weight is 316 g/mol. The fourth-order valence-corrected chi connectivity index (χ4v) is 3.18. The number of anilines is 1. The first-order valence-electron chi connectivity index (χ1n) is 6.56. The minimum atomic E-state index is -3.74. The van der Waals surface area contributed by atoms with Crippen LogP contribution in [0.25, 0.3) is 0 Å². The van der Waals surface area contributed by atoms with Crippen molar-refractivity contribution < 1.29 is 13.3 Å². The number of sulfonamides is 1. The molecule has 1 rings (SSSR count). The van der Waals surface area contributed by atoms with Crippen molar-refractivity contribution in [3.63, 3.8) is 0 Å². The maximum absolute atomic E-state index is 12.4. The lowest BCUT2D eigenvalue weighted by atomic mass is 10.2. The van der Waals surface area contributed by atoms with E-state index in [1.165, 1.54) is 17.4 Å². The van der Waals surface area contributed by atoms with Crippen LogP contribution in [0.1, 0.15) is 26.2 Å². The van der Waals surface area contributed by atoms with E-state index in [1.807, 2.05) is 6.92 Å². The number of benzene rings is 1. The van der Waals surface area contributed by atoms with Crippen molar-refractivity contribution in [2.75, 3.05) is 19.0 Å². The molecule has 0 fully saturated rings. The van der Waals surface area contributed by atoms with Crippen molar-refractivity contribution in [2.45, 2.75) is 31.1 Å². The van der Waals surface area contributed by atoms with E-state index in [-0.39, 0.29) is 16.3 Å². The first kappa shape index (κ1) is 17.3. The van der Waals surface area contributed by atoms with Gasteiger partial charge in [-0.05, 0) is 12.5 Å². The molecule has 0 bridgehead atoms. The van der Waals surface area contributed by atoms with Gasteiger partial charge >= 0.3 is 0 Å². The van der Waals surface area contributed by atoms with Gasteiger partial charge in [0.05, 0.1) is 10.6 Å². The summed E-state index contributed by atoms with van der Waals surface area (Å²) >= 11 is 0. The summed E-state index contributed by atoms with van der Waals surface area (Å²) in [5, 5.41) is 10.7. The van der Waals surface area contributed by atoms with Crippen molar-refractivity contribution in [3.8, 4) is 0 Å². The van der Waals surface area contributed by atoms with E-state index < -0.39 is 14.9 Å². The summed E-state index contributed by atoms with van der Waals surface area (Å²) in [7, 11) is -2.26. The summed E-state index contributed by atoms with van der Waals surface area (Å²) in [6.07, 6.45) is 2.67. The lowest BCUT2D eigenvalue weighted by Crippen LogP contribution is -2.29. The Bertz CT molecular complexity index is 603. The predicted octanol–water partition coefficient (Wildman–Crippen LogP) is 1.69. The molecule has 0 aliphatic carbocycles. The number of unbranched alkanes of at least 4 members (excludes halogenated alkanes) is 2. The third-order valence-corrected chi connectivity index (χ3v) is 5.01. The highest BCUT2D eigenvalue weighted by Crippen LogP contribution is 2.27. The van der Waals surface area contributed by atoms with Crippen LogP contribution in [-0.4, -0.2) is 31.2 Å². The molecule has 0 aliphatic heterocycles. The Hall–Kier alpha value is -1.71. The smallest absolute Gasteiger partial charge is 0.271 e. The van der Waals surface area contributed by atoms with Gasteiger partial charge in [-0.3, -0.25) is 16.0 Å². The van der Waals surface area contributed by atoms with Gasteiger partial charge in [0, 0.05) is 25.7 Å². The molecular weight excluding hydrogens is 296 g/mol. The van der Waals surface area contributed by atoms with E-state index in [4.69, 9.17) is 5.84 Å². The summed E-state index contributed by atoms with van der Waals surface area (Å²) < 4.78 is 26.1. The first-order valence-corrected chi connectivity index (χ1v) is 8.00. The molecule has 21 heavy (non-hydrogen) atoms. The Balaban J connectivity index is 3.10.